The van der Waals surface area contributed by atoms with Gasteiger partial charge in [-0.3, -0.25) is 30.4 Å². The van der Waals surface area contributed by atoms with Gasteiger partial charge in [0.1, 0.15) is 11.5 Å². The molecule has 4 rings (SSSR count). The van der Waals surface area contributed by atoms with E-state index in [0.717, 1.165) is 31.2 Å². The summed E-state index contributed by atoms with van der Waals surface area (Å²) in [5.41, 5.74) is 1.83. The van der Waals surface area contributed by atoms with Crippen LogP contribution in [0.3, 0.4) is 0 Å². The van der Waals surface area contributed by atoms with E-state index in [1.807, 2.05) is 0 Å². The van der Waals surface area contributed by atoms with Gasteiger partial charge in [0.2, 0.25) is 0 Å². The van der Waals surface area contributed by atoms with Gasteiger partial charge in [-0.05, 0) is 92.4 Å². The zero-order chi connectivity index (χ0) is 30.7. The van der Waals surface area contributed by atoms with Crippen molar-refractivity contribution in [3.8, 4) is 0 Å². The molecule has 3 saturated carbocycles. The van der Waals surface area contributed by atoms with Crippen molar-refractivity contribution in [2.45, 2.75) is 111 Å². The zero-order valence-electron chi connectivity index (χ0n) is 25.6. The van der Waals surface area contributed by atoms with E-state index < -0.39 is 27.1 Å². The molecule has 0 radical (unpaired) electrons. The molecular weight excluding hydrogens is 536 g/mol. The van der Waals surface area contributed by atoms with Gasteiger partial charge in [0.25, 0.3) is 5.69 Å². The van der Waals surface area contributed by atoms with Crippen LogP contribution in [0, 0.1) is 60.6 Å². The van der Waals surface area contributed by atoms with Crippen molar-refractivity contribution >= 4 is 29.1 Å². The molecular formula is C32H48N4O6. The molecule has 232 valence electrons. The Balaban J connectivity index is 1.54. The highest BCUT2D eigenvalue weighted by Gasteiger charge is 2.58. The summed E-state index contributed by atoms with van der Waals surface area (Å²) in [6, 6.07) is 3.46. The quantitative estimate of drug-likeness (QED) is 0.111. The maximum absolute atomic E-state index is 13.4. The fraction of sp³-hybridized carbons (Fsp3) is 0.750. The minimum Gasteiger partial charge on any atom is -0.393 e. The lowest BCUT2D eigenvalue weighted by atomic mass is 9.50. The predicted octanol–water partition coefficient (Wildman–Crippen LogP) is 7.69. The van der Waals surface area contributed by atoms with E-state index in [2.05, 4.69) is 38.2 Å². The van der Waals surface area contributed by atoms with Gasteiger partial charge in [-0.2, -0.15) is 5.10 Å². The molecule has 0 aliphatic heterocycles. The number of hydrazone groups is 1. The number of rotatable bonds is 12. The second-order valence-corrected chi connectivity index (χ2v) is 14.0. The van der Waals surface area contributed by atoms with Crippen LogP contribution in [0.4, 0.5) is 17.1 Å². The lowest BCUT2D eigenvalue weighted by Crippen LogP contribution is -2.51. The van der Waals surface area contributed by atoms with Crippen LogP contribution in [0.25, 0.3) is 0 Å². The van der Waals surface area contributed by atoms with E-state index in [9.17, 15) is 30.1 Å². The van der Waals surface area contributed by atoms with Crippen molar-refractivity contribution in [2.24, 2.45) is 45.5 Å². The number of carbonyl (C=O) groups is 1. The van der Waals surface area contributed by atoms with E-state index in [0.29, 0.717) is 31.1 Å². The fourth-order valence-electron chi connectivity index (χ4n) is 8.65. The van der Waals surface area contributed by atoms with Crippen LogP contribution < -0.4 is 5.43 Å². The number of nitrogens with zero attached hydrogens (tertiary/aromatic N) is 3. The lowest BCUT2D eigenvalue weighted by molar-refractivity contribution is -0.393. The van der Waals surface area contributed by atoms with Crippen LogP contribution in [-0.4, -0.2) is 33.1 Å². The number of benzene rings is 1. The van der Waals surface area contributed by atoms with Gasteiger partial charge in [0.05, 0.1) is 22.0 Å². The average molecular weight is 585 g/mol. The summed E-state index contributed by atoms with van der Waals surface area (Å²) in [5.74, 6) is 2.46. The zero-order valence-corrected chi connectivity index (χ0v) is 25.6. The highest BCUT2D eigenvalue weighted by atomic mass is 16.6. The van der Waals surface area contributed by atoms with Gasteiger partial charge in [0, 0.05) is 24.1 Å². The first-order chi connectivity index (χ1) is 19.9. The Bertz CT molecular complexity index is 1190. The number of Topliss-reactive ketones (excluding diaryl/α,β-unsaturated/α-hetero) is 1. The van der Waals surface area contributed by atoms with Crippen molar-refractivity contribution in [1.82, 2.24) is 0 Å². The summed E-state index contributed by atoms with van der Waals surface area (Å²) in [4.78, 5) is 34.7. The summed E-state index contributed by atoms with van der Waals surface area (Å²) in [7, 11) is 0. The normalized spacial score (nSPS) is 33.2. The number of aliphatic hydroxyl groups excluding tert-OH is 1. The van der Waals surface area contributed by atoms with Crippen LogP contribution in [0.1, 0.15) is 105 Å². The molecule has 3 unspecified atom stereocenters. The molecule has 0 amide bonds. The Morgan fingerprint density at radius 3 is 2.50 bits per heavy atom. The molecule has 10 heteroatoms. The Kier molecular flexibility index (Phi) is 10.1. The number of non-ortho nitro benzene ring substituents is 1. The van der Waals surface area contributed by atoms with E-state index in [4.69, 9.17) is 0 Å². The first kappa shape index (κ1) is 32.0. The molecule has 1 aromatic rings. The monoisotopic (exact) mass is 584 g/mol. The molecule has 0 saturated heterocycles. The molecule has 10 nitrogen and oxygen atoms in total. The number of ketones is 1. The van der Waals surface area contributed by atoms with Crippen molar-refractivity contribution in [3.05, 3.63) is 38.4 Å². The summed E-state index contributed by atoms with van der Waals surface area (Å²) < 4.78 is 0. The smallest absolute Gasteiger partial charge is 0.301 e. The minimum atomic E-state index is -0.661. The van der Waals surface area contributed by atoms with Crippen molar-refractivity contribution < 1.29 is 19.7 Å². The molecule has 3 aliphatic rings. The average Bonchev–Trinajstić information content (AvgIpc) is 3.27. The number of fused-ring (bicyclic) bond motifs is 1. The SMILES string of the molecule is CC(C)CCCC[C@H]1CCC2C(C/C=N/Nc3ccc([N+](=O)[O-])cc3[N+](=O)[O-])C([C@@]3(C)CC[C@H](O)CC3=O)CC[C@@]21C. The second kappa shape index (κ2) is 13.2. The first-order valence-corrected chi connectivity index (χ1v) is 15.8. The van der Waals surface area contributed by atoms with Gasteiger partial charge >= 0.3 is 5.69 Å². The van der Waals surface area contributed by atoms with Gasteiger partial charge in [-0.25, -0.2) is 0 Å². The topological polar surface area (TPSA) is 148 Å². The van der Waals surface area contributed by atoms with Crippen LogP contribution in [0.15, 0.2) is 23.3 Å². The van der Waals surface area contributed by atoms with E-state index in [-0.39, 0.29) is 40.8 Å². The van der Waals surface area contributed by atoms with E-state index in [1.54, 1.807) is 6.21 Å². The highest BCUT2D eigenvalue weighted by Crippen LogP contribution is 2.64. The number of nitro groups is 2. The molecule has 0 bridgehead atoms. The molecule has 0 spiro atoms. The molecule has 42 heavy (non-hydrogen) atoms. The Morgan fingerprint density at radius 2 is 1.83 bits per heavy atom. The first-order valence-electron chi connectivity index (χ1n) is 15.8. The molecule has 2 N–H and O–H groups in total. The minimum absolute atomic E-state index is 0.0950. The van der Waals surface area contributed by atoms with Crippen molar-refractivity contribution in [3.63, 3.8) is 0 Å². The molecule has 1 aromatic carbocycles. The van der Waals surface area contributed by atoms with Crippen molar-refractivity contribution in [1.29, 1.82) is 0 Å². The Hall–Kier alpha value is -2.88. The molecule has 3 fully saturated rings. The van der Waals surface area contributed by atoms with Gasteiger partial charge in [-0.1, -0.05) is 47.0 Å². The highest BCUT2D eigenvalue weighted by molar-refractivity contribution is 5.86. The number of nitrogens with one attached hydrogen (secondary N) is 1. The number of unbranched alkanes of at least 4 members (excludes halogenated alkanes) is 1. The Labute approximate surface area is 249 Å². The summed E-state index contributed by atoms with van der Waals surface area (Å²) in [5, 5.41) is 37.2. The number of carbonyl (C=O) groups excluding carboxylic acids is 1. The predicted molar refractivity (Wildman–Crippen MR) is 163 cm³/mol. The van der Waals surface area contributed by atoms with Crippen LogP contribution in [-0.2, 0) is 4.79 Å². The van der Waals surface area contributed by atoms with Gasteiger partial charge in [-0.15, -0.1) is 0 Å². The molecule has 3 aliphatic carbocycles. The third kappa shape index (κ3) is 6.68. The standard InChI is InChI=1S/C32H48N4O6/c1-21(2)7-5-6-8-22-9-11-26-25(15-18-33-34-28-12-10-23(35(39)40)19-29(28)36(41)42)27(14-17-31(22,26)3)32(4)16-13-24(37)20-30(32)38/h10,12,18-19,21-22,24-27,34,37H,5-9,11,13-17,20H2,1-4H3/b33-18+/t22-,24-,25?,26?,27?,31+,32+/m0/s1. The number of hydrogen-bond acceptors (Lipinski definition) is 8. The largest absolute Gasteiger partial charge is 0.393 e. The van der Waals surface area contributed by atoms with Gasteiger partial charge in [0.15, 0.2) is 0 Å². The fourth-order valence-corrected chi connectivity index (χ4v) is 8.65. The maximum Gasteiger partial charge on any atom is 0.301 e. The van der Waals surface area contributed by atoms with Crippen LogP contribution in [0.2, 0.25) is 0 Å². The number of nitro benzene ring substituents is 2. The van der Waals surface area contributed by atoms with Gasteiger partial charge < -0.3 is 5.11 Å². The lowest BCUT2D eigenvalue weighted by Gasteiger charge is -2.54. The molecule has 0 aromatic heterocycles. The maximum atomic E-state index is 13.4. The summed E-state index contributed by atoms with van der Waals surface area (Å²) in [6.07, 6.45) is 12.9. The second-order valence-electron chi connectivity index (χ2n) is 14.0. The third-order valence-corrected chi connectivity index (χ3v) is 11.1. The number of aliphatic hydroxyl groups is 1. The number of anilines is 1. The van der Waals surface area contributed by atoms with Crippen LogP contribution in [0.5, 0.6) is 0 Å². The Morgan fingerprint density at radius 1 is 1.07 bits per heavy atom. The van der Waals surface area contributed by atoms with Crippen LogP contribution >= 0.6 is 0 Å². The summed E-state index contributed by atoms with van der Waals surface area (Å²) >= 11 is 0. The van der Waals surface area contributed by atoms with E-state index in [1.165, 1.54) is 44.2 Å². The molecule has 0 heterocycles. The van der Waals surface area contributed by atoms with E-state index >= 15 is 0 Å². The molecule has 7 atom stereocenters. The third-order valence-electron chi connectivity index (χ3n) is 11.1. The summed E-state index contributed by atoms with van der Waals surface area (Å²) in [6.45, 7) is 9.13. The van der Waals surface area contributed by atoms with Crippen molar-refractivity contribution in [2.75, 3.05) is 5.43 Å². The number of hydrogen-bond donors (Lipinski definition) is 2.